The lowest BCUT2D eigenvalue weighted by Gasteiger charge is -2.18. The molecule has 8 nitrogen and oxygen atoms in total. The van der Waals surface area contributed by atoms with Crippen LogP contribution in [0.3, 0.4) is 0 Å². The van der Waals surface area contributed by atoms with Crippen LogP contribution in [0.25, 0.3) is 22.2 Å². The van der Waals surface area contributed by atoms with Gasteiger partial charge in [-0.1, -0.05) is 35.9 Å². The fraction of sp³-hybridized carbons (Fsp3) is 0.348. The number of amides is 1. The summed E-state index contributed by atoms with van der Waals surface area (Å²) in [7, 11) is 1.63. The molecule has 1 unspecified atom stereocenters. The highest BCUT2D eigenvalue weighted by Gasteiger charge is 2.23. The molecule has 9 heteroatoms. The molecule has 1 fully saturated rings. The number of rotatable bonds is 5. The van der Waals surface area contributed by atoms with Crippen LogP contribution in [-0.2, 0) is 23.0 Å². The lowest BCUT2D eigenvalue weighted by atomic mass is 10.0. The van der Waals surface area contributed by atoms with E-state index in [1.54, 1.807) is 13.1 Å². The molecule has 0 spiro atoms. The molecule has 32 heavy (non-hydrogen) atoms. The van der Waals surface area contributed by atoms with E-state index in [1.807, 2.05) is 30.3 Å². The van der Waals surface area contributed by atoms with E-state index in [9.17, 15) is 14.9 Å². The van der Waals surface area contributed by atoms with Crippen molar-refractivity contribution >= 4 is 28.6 Å². The SMILES string of the molecule is Cn1c(=O)oc2c(Cl)cc(-c3ccc(CC(C#N)NC(=O)[C@@H]4CNCCCO4)cc3)cc21. The first kappa shape index (κ1) is 22.1. The number of nitriles is 1. The van der Waals surface area contributed by atoms with Crippen LogP contribution in [0, 0.1) is 11.3 Å². The Hall–Kier alpha value is -3.12. The van der Waals surface area contributed by atoms with E-state index in [1.165, 1.54) is 4.57 Å². The molecule has 2 N–H and O–H groups in total. The summed E-state index contributed by atoms with van der Waals surface area (Å²) in [5.74, 6) is -0.750. The fourth-order valence-electron chi connectivity index (χ4n) is 3.70. The van der Waals surface area contributed by atoms with Crippen LogP contribution in [0.5, 0.6) is 0 Å². The molecule has 2 heterocycles. The zero-order valence-electron chi connectivity index (χ0n) is 17.6. The van der Waals surface area contributed by atoms with Gasteiger partial charge in [0, 0.05) is 26.6 Å². The van der Waals surface area contributed by atoms with Gasteiger partial charge in [0.25, 0.3) is 5.91 Å². The third-order valence-corrected chi connectivity index (χ3v) is 5.77. The van der Waals surface area contributed by atoms with Gasteiger partial charge in [0.05, 0.1) is 16.6 Å². The highest BCUT2D eigenvalue weighted by molar-refractivity contribution is 6.35. The van der Waals surface area contributed by atoms with Crippen molar-refractivity contribution in [3.05, 3.63) is 57.5 Å². The van der Waals surface area contributed by atoms with Crippen molar-refractivity contribution < 1.29 is 13.9 Å². The molecular weight excluding hydrogens is 432 g/mol. The highest BCUT2D eigenvalue weighted by Crippen LogP contribution is 2.30. The molecule has 166 valence electrons. The van der Waals surface area contributed by atoms with E-state index in [0.29, 0.717) is 35.7 Å². The number of hydrogen-bond donors (Lipinski definition) is 2. The molecule has 0 radical (unpaired) electrons. The van der Waals surface area contributed by atoms with Crippen LogP contribution in [-0.4, -0.2) is 42.3 Å². The van der Waals surface area contributed by atoms with E-state index in [4.69, 9.17) is 20.8 Å². The Morgan fingerprint density at radius 2 is 2.12 bits per heavy atom. The first-order valence-corrected chi connectivity index (χ1v) is 10.7. The molecule has 2 atom stereocenters. The Bertz CT molecular complexity index is 1220. The van der Waals surface area contributed by atoms with Crippen LogP contribution < -0.4 is 16.4 Å². The van der Waals surface area contributed by atoms with Gasteiger partial charge in [0.2, 0.25) is 0 Å². The number of fused-ring (bicyclic) bond motifs is 1. The number of aromatic nitrogens is 1. The second-order valence-electron chi connectivity index (χ2n) is 7.74. The number of nitrogens with zero attached hydrogens (tertiary/aromatic N) is 2. The number of aryl methyl sites for hydroxylation is 1. The number of carbonyl (C=O) groups excluding carboxylic acids is 1. The van der Waals surface area contributed by atoms with Gasteiger partial charge < -0.3 is 19.8 Å². The van der Waals surface area contributed by atoms with Gasteiger partial charge in [0.1, 0.15) is 12.1 Å². The molecule has 1 amide bonds. The summed E-state index contributed by atoms with van der Waals surface area (Å²) in [6, 6.07) is 12.7. The predicted octanol–water partition coefficient (Wildman–Crippen LogP) is 2.38. The largest absolute Gasteiger partial charge is 0.419 e. The number of hydrogen-bond acceptors (Lipinski definition) is 6. The molecule has 1 aliphatic rings. The van der Waals surface area contributed by atoms with E-state index in [0.717, 1.165) is 29.7 Å². The van der Waals surface area contributed by atoms with E-state index in [2.05, 4.69) is 16.7 Å². The van der Waals surface area contributed by atoms with Gasteiger partial charge in [-0.15, -0.1) is 0 Å². The minimum Gasteiger partial charge on any atom is -0.406 e. The van der Waals surface area contributed by atoms with Gasteiger partial charge in [-0.3, -0.25) is 9.36 Å². The first-order chi connectivity index (χ1) is 15.5. The maximum Gasteiger partial charge on any atom is 0.419 e. The minimum absolute atomic E-state index is 0.281. The van der Waals surface area contributed by atoms with Crippen molar-refractivity contribution in [3.63, 3.8) is 0 Å². The summed E-state index contributed by atoms with van der Waals surface area (Å²) in [6.45, 7) is 1.77. The molecule has 1 saturated heterocycles. The second kappa shape index (κ2) is 9.57. The summed E-state index contributed by atoms with van der Waals surface area (Å²) >= 11 is 6.30. The number of carbonyl (C=O) groups is 1. The molecule has 1 aliphatic heterocycles. The summed E-state index contributed by atoms with van der Waals surface area (Å²) in [5.41, 5.74) is 3.63. The fourth-order valence-corrected chi connectivity index (χ4v) is 3.95. The molecule has 3 aromatic rings. The molecule has 0 bridgehead atoms. The summed E-state index contributed by atoms with van der Waals surface area (Å²) in [6.07, 6.45) is 0.639. The summed E-state index contributed by atoms with van der Waals surface area (Å²) in [4.78, 5) is 24.2. The Morgan fingerprint density at radius 3 is 2.88 bits per heavy atom. The Kier molecular flexibility index (Phi) is 6.61. The molecule has 4 rings (SSSR count). The normalized spacial score (nSPS) is 17.5. The highest BCUT2D eigenvalue weighted by atomic mass is 35.5. The average molecular weight is 455 g/mol. The third kappa shape index (κ3) is 4.70. The maximum absolute atomic E-state index is 12.4. The van der Waals surface area contributed by atoms with Crippen molar-refractivity contribution in [1.29, 1.82) is 5.26 Å². The Labute approximate surface area is 189 Å². The van der Waals surface area contributed by atoms with Crippen LogP contribution in [0.2, 0.25) is 5.02 Å². The van der Waals surface area contributed by atoms with E-state index >= 15 is 0 Å². The monoisotopic (exact) mass is 454 g/mol. The number of oxazole rings is 1. The number of nitrogens with one attached hydrogen (secondary N) is 2. The lowest BCUT2D eigenvalue weighted by Crippen LogP contribution is -2.46. The molecule has 1 aromatic heterocycles. The van der Waals surface area contributed by atoms with Crippen LogP contribution in [0.1, 0.15) is 12.0 Å². The van der Waals surface area contributed by atoms with Crippen LogP contribution in [0.4, 0.5) is 0 Å². The molecule has 0 saturated carbocycles. The van der Waals surface area contributed by atoms with Crippen molar-refractivity contribution in [1.82, 2.24) is 15.2 Å². The third-order valence-electron chi connectivity index (χ3n) is 5.49. The number of halogens is 1. The van der Waals surface area contributed by atoms with Gasteiger partial charge in [-0.05, 0) is 41.8 Å². The molecular formula is C23H23ClN4O4. The lowest BCUT2D eigenvalue weighted by molar-refractivity contribution is -0.132. The number of benzene rings is 2. The van der Waals surface area contributed by atoms with Crippen molar-refractivity contribution in [3.8, 4) is 17.2 Å². The van der Waals surface area contributed by atoms with Crippen molar-refractivity contribution in [2.45, 2.75) is 25.0 Å². The number of ether oxygens (including phenoxy) is 1. The average Bonchev–Trinajstić information content (AvgIpc) is 2.98. The second-order valence-corrected chi connectivity index (χ2v) is 8.15. The van der Waals surface area contributed by atoms with Crippen molar-refractivity contribution in [2.75, 3.05) is 19.7 Å². The summed E-state index contributed by atoms with van der Waals surface area (Å²) < 4.78 is 12.1. The smallest absolute Gasteiger partial charge is 0.406 e. The maximum atomic E-state index is 12.4. The van der Waals surface area contributed by atoms with Gasteiger partial charge in [0.15, 0.2) is 5.58 Å². The summed E-state index contributed by atoms with van der Waals surface area (Å²) in [5, 5.41) is 15.8. The standard InChI is InChI=1S/C23H23ClN4O4/c1-28-19-11-16(10-18(24)21(19)32-23(28)30)15-5-3-14(4-6-15)9-17(12-25)27-22(29)20-13-26-7-2-8-31-20/h3-6,10-11,17,20,26H,2,7-9,13H2,1H3,(H,27,29)/t17?,20-/m0/s1. The Morgan fingerprint density at radius 1 is 1.34 bits per heavy atom. The minimum atomic E-state index is -0.661. The molecule has 0 aliphatic carbocycles. The van der Waals surface area contributed by atoms with Gasteiger partial charge in [-0.2, -0.15) is 5.26 Å². The topological polar surface area (TPSA) is 109 Å². The van der Waals surface area contributed by atoms with Gasteiger partial charge >= 0.3 is 5.76 Å². The van der Waals surface area contributed by atoms with Crippen LogP contribution >= 0.6 is 11.6 Å². The zero-order valence-corrected chi connectivity index (χ0v) is 18.3. The predicted molar refractivity (Wildman–Crippen MR) is 120 cm³/mol. The van der Waals surface area contributed by atoms with E-state index in [-0.39, 0.29) is 5.91 Å². The zero-order chi connectivity index (χ0) is 22.7. The van der Waals surface area contributed by atoms with Crippen molar-refractivity contribution in [2.24, 2.45) is 7.05 Å². The first-order valence-electron chi connectivity index (χ1n) is 10.4. The van der Waals surface area contributed by atoms with Crippen LogP contribution in [0.15, 0.2) is 45.6 Å². The van der Waals surface area contributed by atoms with Gasteiger partial charge in [-0.25, -0.2) is 4.79 Å². The molecule has 2 aromatic carbocycles. The Balaban J connectivity index is 1.47. The van der Waals surface area contributed by atoms with E-state index < -0.39 is 17.9 Å². The quantitative estimate of drug-likeness (QED) is 0.612.